The third kappa shape index (κ3) is 5.63. The van der Waals surface area contributed by atoms with Crippen molar-refractivity contribution in [2.24, 2.45) is 5.84 Å². The fourth-order valence-corrected chi connectivity index (χ4v) is 1.71. The number of nitrogens with one attached hydrogen (secondary N) is 1. The maximum absolute atomic E-state index is 5.38. The maximum atomic E-state index is 5.38. The Morgan fingerprint density at radius 3 is 2.33 bits per heavy atom. The van der Waals surface area contributed by atoms with Gasteiger partial charge in [-0.2, -0.15) is 11.8 Å². The van der Waals surface area contributed by atoms with Crippen LogP contribution in [-0.4, -0.2) is 16.5 Å². The lowest BCUT2D eigenvalue weighted by Crippen LogP contribution is -2.38. The van der Waals surface area contributed by atoms with Crippen molar-refractivity contribution in [3.63, 3.8) is 0 Å². The zero-order valence-electron chi connectivity index (χ0n) is 8.48. The number of thioether (sulfide) groups is 1. The van der Waals surface area contributed by atoms with E-state index in [0.29, 0.717) is 4.75 Å². The molecular weight excluding hydrogens is 168 g/mol. The summed E-state index contributed by atoms with van der Waals surface area (Å²) in [7, 11) is 0. The van der Waals surface area contributed by atoms with Crippen LogP contribution in [0.3, 0.4) is 0 Å². The highest BCUT2D eigenvalue weighted by atomic mass is 32.2. The molecule has 1 unspecified atom stereocenters. The predicted octanol–water partition coefficient (Wildman–Crippen LogP) is 1.93. The summed E-state index contributed by atoms with van der Waals surface area (Å²) in [6, 6.07) is 0.231. The average Bonchev–Trinajstić information content (AvgIpc) is 1.85. The molecule has 0 bridgehead atoms. The molecule has 0 saturated heterocycles. The molecular formula is C9H20N2S. The van der Waals surface area contributed by atoms with Crippen LogP contribution in [0.5, 0.6) is 0 Å². The second-order valence-electron chi connectivity index (χ2n) is 3.99. The van der Waals surface area contributed by atoms with Gasteiger partial charge in [0.1, 0.15) is 0 Å². The van der Waals surface area contributed by atoms with Gasteiger partial charge in [0.15, 0.2) is 0 Å². The lowest BCUT2D eigenvalue weighted by molar-refractivity contribution is 0.645. The van der Waals surface area contributed by atoms with E-state index in [9.17, 15) is 0 Å². The molecule has 72 valence electrons. The summed E-state index contributed by atoms with van der Waals surface area (Å²) in [5.41, 5.74) is 3.85. The first-order chi connectivity index (χ1) is 5.37. The van der Waals surface area contributed by atoms with Crippen molar-refractivity contribution < 1.29 is 0 Å². The zero-order chi connectivity index (χ0) is 9.78. The Morgan fingerprint density at radius 2 is 2.08 bits per heavy atom. The Balaban J connectivity index is 3.81. The van der Waals surface area contributed by atoms with Crippen molar-refractivity contribution in [3.05, 3.63) is 12.2 Å². The zero-order valence-corrected chi connectivity index (χ0v) is 9.29. The van der Waals surface area contributed by atoms with Crippen LogP contribution in [0.2, 0.25) is 0 Å². The third-order valence-electron chi connectivity index (χ3n) is 1.48. The molecule has 3 heteroatoms. The molecule has 1 atom stereocenters. The van der Waals surface area contributed by atoms with Gasteiger partial charge in [0.2, 0.25) is 0 Å². The van der Waals surface area contributed by atoms with E-state index >= 15 is 0 Å². The van der Waals surface area contributed by atoms with Gasteiger partial charge in [0.25, 0.3) is 0 Å². The summed E-state index contributed by atoms with van der Waals surface area (Å²) in [5, 5.41) is 0. The number of hydrazine groups is 1. The minimum atomic E-state index is 0.231. The fraction of sp³-hybridized carbons (Fsp3) is 0.778. The van der Waals surface area contributed by atoms with Crippen molar-refractivity contribution in [1.82, 2.24) is 5.43 Å². The second-order valence-corrected chi connectivity index (χ2v) is 5.84. The van der Waals surface area contributed by atoms with E-state index < -0.39 is 0 Å². The molecule has 0 aliphatic carbocycles. The minimum absolute atomic E-state index is 0.231. The van der Waals surface area contributed by atoms with Crippen LogP contribution in [0.4, 0.5) is 0 Å². The van der Waals surface area contributed by atoms with Gasteiger partial charge < -0.3 is 0 Å². The highest BCUT2D eigenvalue weighted by molar-refractivity contribution is 8.00. The van der Waals surface area contributed by atoms with E-state index in [1.807, 2.05) is 18.7 Å². The topological polar surface area (TPSA) is 38.0 Å². The SMILES string of the molecule is C=C(C)C(CSC(C)(C)C)NN. The van der Waals surface area contributed by atoms with Gasteiger partial charge in [-0.1, -0.05) is 32.9 Å². The van der Waals surface area contributed by atoms with E-state index in [4.69, 9.17) is 5.84 Å². The molecule has 2 nitrogen and oxygen atoms in total. The molecule has 0 radical (unpaired) electrons. The Morgan fingerprint density at radius 1 is 1.58 bits per heavy atom. The van der Waals surface area contributed by atoms with E-state index in [2.05, 4.69) is 32.8 Å². The van der Waals surface area contributed by atoms with Crippen LogP contribution in [0, 0.1) is 0 Å². The van der Waals surface area contributed by atoms with Crippen LogP contribution >= 0.6 is 11.8 Å². The Bertz CT molecular complexity index is 149. The first-order valence-electron chi connectivity index (χ1n) is 4.12. The minimum Gasteiger partial charge on any atom is -0.271 e. The molecule has 0 aromatic rings. The first kappa shape index (κ1) is 12.0. The second kappa shape index (κ2) is 4.90. The molecule has 0 saturated carbocycles. The predicted molar refractivity (Wildman–Crippen MR) is 58.1 cm³/mol. The van der Waals surface area contributed by atoms with Crippen molar-refractivity contribution in [2.45, 2.75) is 38.5 Å². The van der Waals surface area contributed by atoms with Gasteiger partial charge in [0, 0.05) is 10.5 Å². The number of rotatable bonds is 4. The third-order valence-corrected chi connectivity index (χ3v) is 2.85. The smallest absolute Gasteiger partial charge is 0.0505 e. The van der Waals surface area contributed by atoms with Crippen LogP contribution in [0.25, 0.3) is 0 Å². The quantitative estimate of drug-likeness (QED) is 0.402. The van der Waals surface area contributed by atoms with Crippen molar-refractivity contribution in [2.75, 3.05) is 5.75 Å². The summed E-state index contributed by atoms with van der Waals surface area (Å²) in [6.07, 6.45) is 0. The summed E-state index contributed by atoms with van der Waals surface area (Å²) < 4.78 is 0.296. The van der Waals surface area contributed by atoms with E-state index in [1.54, 1.807) is 0 Å². The van der Waals surface area contributed by atoms with Crippen molar-refractivity contribution in [1.29, 1.82) is 0 Å². The molecule has 0 aromatic heterocycles. The molecule has 12 heavy (non-hydrogen) atoms. The molecule has 0 aromatic carbocycles. The Labute approximate surface area is 80.0 Å². The van der Waals surface area contributed by atoms with Gasteiger partial charge in [-0.05, 0) is 6.92 Å². The van der Waals surface area contributed by atoms with Gasteiger partial charge in [-0.25, -0.2) is 0 Å². The summed E-state index contributed by atoms with van der Waals surface area (Å²) in [4.78, 5) is 0. The number of nitrogens with two attached hydrogens (primary N) is 1. The van der Waals surface area contributed by atoms with Gasteiger partial charge in [-0.3, -0.25) is 11.3 Å². The molecule has 0 aliphatic rings. The number of hydrogen-bond donors (Lipinski definition) is 2. The first-order valence-corrected chi connectivity index (χ1v) is 5.11. The van der Waals surface area contributed by atoms with E-state index in [-0.39, 0.29) is 6.04 Å². The molecule has 0 amide bonds. The molecule has 0 heterocycles. The lowest BCUT2D eigenvalue weighted by atomic mass is 10.2. The monoisotopic (exact) mass is 188 g/mol. The van der Waals surface area contributed by atoms with Crippen LogP contribution in [0.1, 0.15) is 27.7 Å². The largest absolute Gasteiger partial charge is 0.271 e. The van der Waals surface area contributed by atoms with Crippen LogP contribution in [0.15, 0.2) is 12.2 Å². The van der Waals surface area contributed by atoms with Crippen molar-refractivity contribution in [3.8, 4) is 0 Å². The maximum Gasteiger partial charge on any atom is 0.0505 e. The molecule has 0 aliphatic heterocycles. The average molecular weight is 188 g/mol. The fourth-order valence-electron chi connectivity index (χ4n) is 0.666. The standard InChI is InChI=1S/C9H20N2S/c1-7(2)8(11-10)6-12-9(3,4)5/h8,11H,1,6,10H2,2-5H3. The van der Waals surface area contributed by atoms with Crippen LogP contribution < -0.4 is 11.3 Å². The van der Waals surface area contributed by atoms with Gasteiger partial charge >= 0.3 is 0 Å². The van der Waals surface area contributed by atoms with Gasteiger partial charge in [0.05, 0.1) is 6.04 Å². The molecule has 0 fully saturated rings. The van der Waals surface area contributed by atoms with Crippen molar-refractivity contribution >= 4 is 11.8 Å². The highest BCUT2D eigenvalue weighted by Gasteiger charge is 2.14. The lowest BCUT2D eigenvalue weighted by Gasteiger charge is -2.22. The van der Waals surface area contributed by atoms with E-state index in [0.717, 1.165) is 11.3 Å². The Hall–Kier alpha value is 0.01000. The number of hydrogen-bond acceptors (Lipinski definition) is 3. The normalized spacial score (nSPS) is 14.4. The van der Waals surface area contributed by atoms with E-state index in [1.165, 1.54) is 0 Å². The Kier molecular flexibility index (Phi) is 4.90. The molecule has 3 N–H and O–H groups in total. The highest BCUT2D eigenvalue weighted by Crippen LogP contribution is 2.24. The van der Waals surface area contributed by atoms with Gasteiger partial charge in [-0.15, -0.1) is 0 Å². The summed E-state index contributed by atoms with van der Waals surface area (Å²) >= 11 is 1.89. The molecule has 0 spiro atoms. The van der Waals surface area contributed by atoms with Crippen LogP contribution in [-0.2, 0) is 0 Å². The summed E-state index contributed by atoms with van der Waals surface area (Å²) in [6.45, 7) is 12.5. The summed E-state index contributed by atoms with van der Waals surface area (Å²) in [5.74, 6) is 6.36. The molecule has 0 rings (SSSR count).